The molecule has 3 aromatic rings. The number of nitrogens with zero attached hydrogens (tertiary/aromatic N) is 1. The summed E-state index contributed by atoms with van der Waals surface area (Å²) in [5.41, 5.74) is 3.56. The zero-order valence-corrected chi connectivity index (χ0v) is 19.6. The van der Waals surface area contributed by atoms with Crippen LogP contribution in [0.4, 0.5) is 5.69 Å². The van der Waals surface area contributed by atoms with Crippen molar-refractivity contribution < 1.29 is 13.2 Å². The van der Waals surface area contributed by atoms with Crippen molar-refractivity contribution in [2.45, 2.75) is 44.6 Å². The number of nitrogens with one attached hydrogen (secondary N) is 1. The van der Waals surface area contributed by atoms with Crippen LogP contribution in [0.5, 0.6) is 0 Å². The van der Waals surface area contributed by atoms with E-state index in [1.807, 2.05) is 45.0 Å². The van der Waals surface area contributed by atoms with Gasteiger partial charge in [0.1, 0.15) is 6.54 Å². The molecule has 1 amide bonds. The summed E-state index contributed by atoms with van der Waals surface area (Å²) in [5.74, 6) is -0.329. The van der Waals surface area contributed by atoms with E-state index in [0.29, 0.717) is 5.69 Å². The first-order valence-corrected chi connectivity index (χ1v) is 12.2. The number of amides is 1. The first kappa shape index (κ1) is 23.5. The molecule has 0 fully saturated rings. The van der Waals surface area contributed by atoms with Gasteiger partial charge in [-0.15, -0.1) is 0 Å². The van der Waals surface area contributed by atoms with E-state index >= 15 is 0 Å². The normalized spacial score (nSPS) is 12.2. The lowest BCUT2D eigenvalue weighted by atomic mass is 10.1. The first-order valence-electron chi connectivity index (χ1n) is 10.7. The smallest absolute Gasteiger partial charge is 0.264 e. The third-order valence-electron chi connectivity index (χ3n) is 5.23. The Bertz CT molecular complexity index is 1130. The largest absolute Gasteiger partial charge is 0.352 e. The summed E-state index contributed by atoms with van der Waals surface area (Å²) in [6, 6.07) is 23.8. The molecule has 3 rings (SSSR count). The molecule has 32 heavy (non-hydrogen) atoms. The Morgan fingerprint density at radius 2 is 1.47 bits per heavy atom. The minimum Gasteiger partial charge on any atom is -0.352 e. The van der Waals surface area contributed by atoms with E-state index in [9.17, 15) is 13.2 Å². The van der Waals surface area contributed by atoms with Crippen LogP contribution in [0.3, 0.4) is 0 Å². The molecule has 0 spiro atoms. The lowest BCUT2D eigenvalue weighted by Gasteiger charge is -2.26. The number of hydrogen-bond donors (Lipinski definition) is 1. The molecule has 1 atom stereocenters. The monoisotopic (exact) mass is 450 g/mol. The summed E-state index contributed by atoms with van der Waals surface area (Å²) < 4.78 is 28.1. The van der Waals surface area contributed by atoms with Crippen LogP contribution >= 0.6 is 0 Å². The van der Waals surface area contributed by atoms with Crippen LogP contribution in [-0.4, -0.2) is 26.9 Å². The lowest BCUT2D eigenvalue weighted by Crippen LogP contribution is -2.43. The molecular weight excluding hydrogens is 420 g/mol. The minimum atomic E-state index is -3.90. The van der Waals surface area contributed by atoms with E-state index < -0.39 is 10.0 Å². The molecule has 1 N–H and O–H groups in total. The minimum absolute atomic E-state index is 0.0803. The molecule has 0 aliphatic heterocycles. The van der Waals surface area contributed by atoms with Gasteiger partial charge in [0.2, 0.25) is 5.91 Å². The number of benzene rings is 3. The SMILES string of the molecule is Cc1cc(C)cc(N(CC(=O)N[C@H](C)CCc2ccccc2)S(=O)(=O)c2ccccc2)c1. The second-order valence-electron chi connectivity index (χ2n) is 8.16. The fourth-order valence-corrected chi connectivity index (χ4v) is 5.11. The molecule has 0 saturated heterocycles. The summed E-state index contributed by atoms with van der Waals surface area (Å²) in [6.45, 7) is 5.48. The average molecular weight is 451 g/mol. The molecule has 0 unspecified atom stereocenters. The van der Waals surface area contributed by atoms with Crippen LogP contribution in [0.2, 0.25) is 0 Å². The van der Waals surface area contributed by atoms with E-state index in [-0.39, 0.29) is 23.4 Å². The van der Waals surface area contributed by atoms with Crippen molar-refractivity contribution in [1.82, 2.24) is 5.32 Å². The molecule has 0 radical (unpaired) electrons. The third-order valence-corrected chi connectivity index (χ3v) is 7.02. The van der Waals surface area contributed by atoms with Crippen molar-refractivity contribution in [3.8, 4) is 0 Å². The number of rotatable bonds is 9. The molecule has 6 heteroatoms. The quantitative estimate of drug-likeness (QED) is 0.517. The highest BCUT2D eigenvalue weighted by Crippen LogP contribution is 2.25. The van der Waals surface area contributed by atoms with E-state index in [2.05, 4.69) is 17.4 Å². The standard InChI is InChI=1S/C26H30N2O3S/c1-20-16-21(2)18-24(17-20)28(32(30,31)25-12-8-5-9-13-25)19-26(29)27-22(3)14-15-23-10-6-4-7-11-23/h4-13,16-18,22H,14-15,19H2,1-3H3,(H,27,29)/t22-/m1/s1. The molecule has 0 saturated carbocycles. The number of aryl methyl sites for hydroxylation is 3. The van der Waals surface area contributed by atoms with Crippen LogP contribution in [-0.2, 0) is 21.2 Å². The Morgan fingerprint density at radius 3 is 2.06 bits per heavy atom. The number of carbonyl (C=O) groups is 1. The predicted molar refractivity (Wildman–Crippen MR) is 129 cm³/mol. The van der Waals surface area contributed by atoms with E-state index in [4.69, 9.17) is 0 Å². The summed E-state index contributed by atoms with van der Waals surface area (Å²) in [7, 11) is -3.90. The van der Waals surface area contributed by atoms with E-state index in [0.717, 1.165) is 24.0 Å². The van der Waals surface area contributed by atoms with Crippen LogP contribution in [0.1, 0.15) is 30.0 Å². The average Bonchev–Trinajstić information content (AvgIpc) is 2.76. The second-order valence-corrected chi connectivity index (χ2v) is 10.0. The molecule has 0 bridgehead atoms. The third kappa shape index (κ3) is 6.20. The van der Waals surface area contributed by atoms with Gasteiger partial charge in [-0.05, 0) is 74.6 Å². The van der Waals surface area contributed by atoms with Gasteiger partial charge < -0.3 is 5.32 Å². The van der Waals surface area contributed by atoms with Crippen LogP contribution in [0.15, 0.2) is 83.8 Å². The predicted octanol–water partition coefficient (Wildman–Crippen LogP) is 4.64. The highest BCUT2D eigenvalue weighted by Gasteiger charge is 2.27. The summed E-state index contributed by atoms with van der Waals surface area (Å²) in [4.78, 5) is 13.0. The van der Waals surface area contributed by atoms with Crippen molar-refractivity contribution in [3.05, 3.63) is 95.6 Å². The van der Waals surface area contributed by atoms with Gasteiger partial charge in [0.15, 0.2) is 0 Å². The Kier molecular flexibility index (Phi) is 7.70. The molecule has 5 nitrogen and oxygen atoms in total. The highest BCUT2D eigenvalue weighted by molar-refractivity contribution is 7.92. The fourth-order valence-electron chi connectivity index (χ4n) is 3.68. The van der Waals surface area contributed by atoms with E-state index in [1.54, 1.807) is 42.5 Å². The number of carbonyl (C=O) groups excluding carboxylic acids is 1. The van der Waals surface area contributed by atoms with Crippen LogP contribution < -0.4 is 9.62 Å². The number of anilines is 1. The molecular formula is C26H30N2O3S. The fraction of sp³-hybridized carbons (Fsp3) is 0.269. The van der Waals surface area contributed by atoms with Gasteiger partial charge in [0.05, 0.1) is 10.6 Å². The number of hydrogen-bond acceptors (Lipinski definition) is 3. The van der Waals surface area contributed by atoms with E-state index in [1.165, 1.54) is 9.87 Å². The topological polar surface area (TPSA) is 66.5 Å². The summed E-state index contributed by atoms with van der Waals surface area (Å²) in [5, 5.41) is 2.96. The van der Waals surface area contributed by atoms with Gasteiger partial charge in [0, 0.05) is 6.04 Å². The highest BCUT2D eigenvalue weighted by atomic mass is 32.2. The molecule has 0 aliphatic carbocycles. The van der Waals surface area contributed by atoms with Gasteiger partial charge >= 0.3 is 0 Å². The Balaban J connectivity index is 1.78. The molecule has 0 aromatic heterocycles. The zero-order valence-electron chi connectivity index (χ0n) is 18.8. The summed E-state index contributed by atoms with van der Waals surface area (Å²) in [6.07, 6.45) is 1.61. The Hall–Kier alpha value is -3.12. The van der Waals surface area contributed by atoms with Gasteiger partial charge in [-0.3, -0.25) is 9.10 Å². The van der Waals surface area contributed by atoms with Crippen molar-refractivity contribution in [1.29, 1.82) is 0 Å². The first-order chi connectivity index (χ1) is 15.3. The Labute approximate surface area is 191 Å². The maximum atomic E-state index is 13.4. The van der Waals surface area contributed by atoms with Crippen molar-refractivity contribution in [2.24, 2.45) is 0 Å². The van der Waals surface area contributed by atoms with Gasteiger partial charge in [-0.2, -0.15) is 0 Å². The van der Waals surface area contributed by atoms with Gasteiger partial charge in [0.25, 0.3) is 10.0 Å². The lowest BCUT2D eigenvalue weighted by molar-refractivity contribution is -0.120. The van der Waals surface area contributed by atoms with Crippen molar-refractivity contribution in [2.75, 3.05) is 10.8 Å². The molecule has 0 aliphatic rings. The van der Waals surface area contributed by atoms with Crippen LogP contribution in [0, 0.1) is 13.8 Å². The molecule has 0 heterocycles. The van der Waals surface area contributed by atoms with Crippen molar-refractivity contribution >= 4 is 21.6 Å². The maximum Gasteiger partial charge on any atom is 0.264 e. The maximum absolute atomic E-state index is 13.4. The molecule has 168 valence electrons. The van der Waals surface area contributed by atoms with Crippen LogP contribution in [0.25, 0.3) is 0 Å². The number of sulfonamides is 1. The second kappa shape index (κ2) is 10.5. The zero-order chi connectivity index (χ0) is 23.1. The Morgan fingerprint density at radius 1 is 0.906 bits per heavy atom. The van der Waals surface area contributed by atoms with Gasteiger partial charge in [-0.25, -0.2) is 8.42 Å². The molecule has 3 aromatic carbocycles. The summed E-state index contributed by atoms with van der Waals surface area (Å²) >= 11 is 0. The van der Waals surface area contributed by atoms with Crippen molar-refractivity contribution in [3.63, 3.8) is 0 Å². The van der Waals surface area contributed by atoms with Gasteiger partial charge in [-0.1, -0.05) is 54.6 Å².